The average Bonchev–Trinajstić information content (AvgIpc) is 2.97. The molecule has 0 spiro atoms. The van der Waals surface area contributed by atoms with Crippen molar-refractivity contribution >= 4 is 34.4 Å². The van der Waals surface area contributed by atoms with E-state index in [1.165, 1.54) is 25.0 Å². The van der Waals surface area contributed by atoms with E-state index in [-0.39, 0.29) is 12.3 Å². The number of carboxylic acids is 1. The Hall–Kier alpha value is -2.99. The van der Waals surface area contributed by atoms with E-state index >= 15 is 0 Å². The van der Waals surface area contributed by atoms with Crippen LogP contribution < -0.4 is 9.47 Å². The topological polar surface area (TPSA) is 77.8 Å². The number of ether oxygens (including phenoxy) is 2. The first-order chi connectivity index (χ1) is 12.5. The highest BCUT2D eigenvalue weighted by atomic mass is 35.5. The molecule has 1 heterocycles. The van der Waals surface area contributed by atoms with Crippen molar-refractivity contribution in [2.45, 2.75) is 6.42 Å². The lowest BCUT2D eigenvalue weighted by molar-refractivity contribution is -0.136. The summed E-state index contributed by atoms with van der Waals surface area (Å²) >= 11 is 6.14. The van der Waals surface area contributed by atoms with Gasteiger partial charge in [0.2, 0.25) is 0 Å². The summed E-state index contributed by atoms with van der Waals surface area (Å²) in [5.74, 6) is -0.462. The number of carboxylic acid groups (broad SMARTS) is 1. The summed E-state index contributed by atoms with van der Waals surface area (Å²) in [6.07, 6.45) is 1.29. The molecule has 0 saturated carbocycles. The first-order valence-electron chi connectivity index (χ1n) is 7.73. The van der Waals surface area contributed by atoms with E-state index in [1.54, 1.807) is 36.4 Å². The summed E-state index contributed by atoms with van der Waals surface area (Å²) in [5, 5.41) is 10.1. The molecule has 3 aromatic rings. The van der Waals surface area contributed by atoms with Crippen molar-refractivity contribution in [1.29, 1.82) is 0 Å². The molecule has 0 atom stereocenters. The molecule has 26 heavy (non-hydrogen) atoms. The van der Waals surface area contributed by atoms with Gasteiger partial charge in [-0.1, -0.05) is 23.7 Å². The quantitative estimate of drug-likeness (QED) is 0.739. The van der Waals surface area contributed by atoms with Crippen LogP contribution in [-0.2, 0) is 11.2 Å². The van der Waals surface area contributed by atoms with Crippen molar-refractivity contribution in [2.75, 3.05) is 14.2 Å². The standard InChI is InChI=1S/C19H16ClNO5/c1-25-16-8-13-11(7-18(22)23)10-21(15(13)9-17(16)26-2)19(24)12-5-3-4-6-14(12)20/h3-6,8-10H,7H2,1-2H3,(H,22,23). The third-order valence-corrected chi connectivity index (χ3v) is 4.39. The molecule has 134 valence electrons. The second kappa shape index (κ2) is 7.09. The SMILES string of the molecule is COc1cc2c(CC(=O)O)cn(C(=O)c3ccccc3Cl)c2cc1OC. The van der Waals surface area contributed by atoms with E-state index in [0.717, 1.165) is 0 Å². The Balaban J connectivity index is 2.26. The summed E-state index contributed by atoms with van der Waals surface area (Å²) in [7, 11) is 2.98. The maximum Gasteiger partial charge on any atom is 0.307 e. The number of aliphatic carboxylic acids is 1. The summed E-state index contributed by atoms with van der Waals surface area (Å²) in [6, 6.07) is 10.0. The van der Waals surface area contributed by atoms with Gasteiger partial charge < -0.3 is 14.6 Å². The number of hydrogen-bond donors (Lipinski definition) is 1. The number of methoxy groups -OCH3 is 2. The van der Waals surface area contributed by atoms with E-state index in [1.807, 2.05) is 0 Å². The number of carbonyl (C=O) groups is 2. The number of benzene rings is 2. The number of hydrogen-bond acceptors (Lipinski definition) is 4. The van der Waals surface area contributed by atoms with Crippen LogP contribution in [0.1, 0.15) is 15.9 Å². The van der Waals surface area contributed by atoms with Crippen molar-refractivity contribution in [3.05, 3.63) is 58.7 Å². The third-order valence-electron chi connectivity index (χ3n) is 4.06. The van der Waals surface area contributed by atoms with Crippen molar-refractivity contribution in [1.82, 2.24) is 4.57 Å². The van der Waals surface area contributed by atoms with Gasteiger partial charge in [-0.2, -0.15) is 0 Å². The lowest BCUT2D eigenvalue weighted by Crippen LogP contribution is -2.11. The Bertz CT molecular complexity index is 1010. The van der Waals surface area contributed by atoms with Crippen molar-refractivity contribution in [3.63, 3.8) is 0 Å². The van der Waals surface area contributed by atoms with Gasteiger partial charge in [0.05, 0.1) is 36.7 Å². The highest BCUT2D eigenvalue weighted by molar-refractivity contribution is 6.34. The molecule has 0 aliphatic carbocycles. The van der Waals surface area contributed by atoms with E-state index < -0.39 is 5.97 Å². The molecule has 0 aliphatic heterocycles. The van der Waals surface area contributed by atoms with Gasteiger partial charge >= 0.3 is 5.97 Å². The van der Waals surface area contributed by atoms with Crippen LogP contribution in [0.15, 0.2) is 42.6 Å². The first-order valence-corrected chi connectivity index (χ1v) is 8.11. The second-order valence-corrected chi connectivity index (χ2v) is 6.01. The van der Waals surface area contributed by atoms with E-state index in [4.69, 9.17) is 21.1 Å². The van der Waals surface area contributed by atoms with Gasteiger partial charge in [0, 0.05) is 17.6 Å². The number of nitrogens with zero attached hydrogens (tertiary/aromatic N) is 1. The molecule has 3 rings (SSSR count). The van der Waals surface area contributed by atoms with Crippen LogP contribution in [0.25, 0.3) is 10.9 Å². The molecule has 7 heteroatoms. The smallest absolute Gasteiger partial charge is 0.307 e. The van der Waals surface area contributed by atoms with Crippen molar-refractivity contribution in [2.24, 2.45) is 0 Å². The lowest BCUT2D eigenvalue weighted by Gasteiger charge is -2.10. The molecule has 2 aromatic carbocycles. The minimum Gasteiger partial charge on any atom is -0.493 e. The van der Waals surface area contributed by atoms with Gasteiger partial charge in [-0.05, 0) is 23.8 Å². The zero-order valence-corrected chi connectivity index (χ0v) is 14.9. The van der Waals surface area contributed by atoms with Crippen molar-refractivity contribution < 1.29 is 24.2 Å². The zero-order valence-electron chi connectivity index (χ0n) is 14.2. The Morgan fingerprint density at radius 1 is 1.12 bits per heavy atom. The Morgan fingerprint density at radius 3 is 2.38 bits per heavy atom. The fraction of sp³-hybridized carbons (Fsp3) is 0.158. The summed E-state index contributed by atoms with van der Waals surface area (Å²) in [4.78, 5) is 24.2. The molecule has 0 fully saturated rings. The second-order valence-electron chi connectivity index (χ2n) is 5.60. The van der Waals surface area contributed by atoms with Gasteiger partial charge in [0.1, 0.15) is 0 Å². The maximum atomic E-state index is 13.0. The van der Waals surface area contributed by atoms with Crippen LogP contribution in [0.5, 0.6) is 11.5 Å². The fourth-order valence-electron chi connectivity index (χ4n) is 2.86. The molecular formula is C19H16ClNO5. The Morgan fingerprint density at radius 2 is 1.77 bits per heavy atom. The molecule has 0 radical (unpaired) electrons. The van der Waals surface area contributed by atoms with E-state index in [9.17, 15) is 14.7 Å². The van der Waals surface area contributed by atoms with Gasteiger partial charge in [0.25, 0.3) is 5.91 Å². The average molecular weight is 374 g/mol. The molecule has 1 aromatic heterocycles. The van der Waals surface area contributed by atoms with Gasteiger partial charge in [-0.3, -0.25) is 14.2 Å². The number of carbonyl (C=O) groups excluding carboxylic acids is 1. The highest BCUT2D eigenvalue weighted by Crippen LogP contribution is 2.35. The highest BCUT2D eigenvalue weighted by Gasteiger charge is 2.20. The van der Waals surface area contributed by atoms with Gasteiger partial charge in [0.15, 0.2) is 11.5 Å². The molecule has 6 nitrogen and oxygen atoms in total. The van der Waals surface area contributed by atoms with Gasteiger partial charge in [-0.25, -0.2) is 0 Å². The van der Waals surface area contributed by atoms with Crippen LogP contribution >= 0.6 is 11.6 Å². The first kappa shape index (κ1) is 17.8. The predicted molar refractivity (Wildman–Crippen MR) is 97.6 cm³/mol. The fourth-order valence-corrected chi connectivity index (χ4v) is 3.07. The molecular weight excluding hydrogens is 358 g/mol. The Labute approximate surface area is 154 Å². The molecule has 0 aliphatic rings. The van der Waals surface area contributed by atoms with Crippen LogP contribution in [0.3, 0.4) is 0 Å². The number of fused-ring (bicyclic) bond motifs is 1. The van der Waals surface area contributed by atoms with Crippen molar-refractivity contribution in [3.8, 4) is 11.5 Å². The molecule has 0 amide bonds. The van der Waals surface area contributed by atoms with Crippen LogP contribution in [-0.4, -0.2) is 35.8 Å². The summed E-state index contributed by atoms with van der Waals surface area (Å²) < 4.78 is 12.0. The largest absolute Gasteiger partial charge is 0.493 e. The lowest BCUT2D eigenvalue weighted by atomic mass is 10.1. The molecule has 0 saturated heterocycles. The summed E-state index contributed by atoms with van der Waals surface area (Å²) in [5.41, 5.74) is 1.33. The minimum atomic E-state index is -0.996. The molecule has 1 N–H and O–H groups in total. The maximum absolute atomic E-state index is 13.0. The van der Waals surface area contributed by atoms with E-state index in [0.29, 0.717) is 38.6 Å². The number of halogens is 1. The molecule has 0 unspecified atom stereocenters. The molecule has 0 bridgehead atoms. The zero-order chi connectivity index (χ0) is 18.8. The summed E-state index contributed by atoms with van der Waals surface area (Å²) in [6.45, 7) is 0. The van der Waals surface area contributed by atoms with Gasteiger partial charge in [-0.15, -0.1) is 0 Å². The Kier molecular flexibility index (Phi) is 4.86. The van der Waals surface area contributed by atoms with Crippen LogP contribution in [0.2, 0.25) is 5.02 Å². The van der Waals surface area contributed by atoms with E-state index in [2.05, 4.69) is 0 Å². The predicted octanol–water partition coefficient (Wildman–Crippen LogP) is 3.63. The van der Waals surface area contributed by atoms with Crippen LogP contribution in [0, 0.1) is 0 Å². The number of aromatic nitrogens is 1. The number of rotatable bonds is 5. The van der Waals surface area contributed by atoms with Crippen LogP contribution in [0.4, 0.5) is 0 Å². The minimum absolute atomic E-state index is 0.227. The monoisotopic (exact) mass is 373 g/mol. The normalized spacial score (nSPS) is 10.7. The third kappa shape index (κ3) is 3.11.